The zero-order valence-electron chi connectivity index (χ0n) is 15.1. The van der Waals surface area contributed by atoms with E-state index in [1.807, 2.05) is 0 Å². The van der Waals surface area contributed by atoms with Crippen molar-refractivity contribution in [3.63, 3.8) is 0 Å². The number of amides is 2. The molecule has 2 N–H and O–H groups in total. The third-order valence-electron chi connectivity index (χ3n) is 3.69. The molecule has 0 spiro atoms. The third-order valence-corrected chi connectivity index (χ3v) is 4.50. The maximum absolute atomic E-state index is 13.6. The van der Waals surface area contributed by atoms with E-state index in [4.69, 9.17) is 4.52 Å². The fourth-order valence-electron chi connectivity index (χ4n) is 2.39. The van der Waals surface area contributed by atoms with Crippen molar-refractivity contribution in [3.8, 4) is 0 Å². The number of halogens is 1. The summed E-state index contributed by atoms with van der Waals surface area (Å²) in [5.74, 6) is -0.243. The van der Waals surface area contributed by atoms with Crippen molar-refractivity contribution in [1.29, 1.82) is 0 Å². The van der Waals surface area contributed by atoms with Crippen molar-refractivity contribution >= 4 is 28.3 Å². The summed E-state index contributed by atoms with van der Waals surface area (Å²) in [4.78, 5) is 32.4. The van der Waals surface area contributed by atoms with E-state index in [2.05, 4.69) is 25.8 Å². The lowest BCUT2D eigenvalue weighted by molar-refractivity contribution is -0.120. The Kier molecular flexibility index (Phi) is 6.43. The molecule has 0 fully saturated rings. The largest absolute Gasteiger partial charge is 0.356 e. The summed E-state index contributed by atoms with van der Waals surface area (Å²) < 4.78 is 18.6. The molecule has 0 aliphatic heterocycles. The Morgan fingerprint density at radius 2 is 2.07 bits per heavy atom. The molecule has 0 saturated carbocycles. The summed E-state index contributed by atoms with van der Waals surface area (Å²) >= 11 is 1.18. The third kappa shape index (κ3) is 5.43. The van der Waals surface area contributed by atoms with Crippen LogP contribution in [0.15, 0.2) is 34.2 Å². The number of hydrogen-bond donors (Lipinski definition) is 2. The van der Waals surface area contributed by atoms with Crippen LogP contribution in [-0.4, -0.2) is 33.5 Å². The minimum Gasteiger partial charge on any atom is -0.356 e. The van der Waals surface area contributed by atoms with Crippen LogP contribution in [0.2, 0.25) is 0 Å². The lowest BCUT2D eigenvalue weighted by Gasteiger charge is -2.03. The molecule has 2 heterocycles. The zero-order valence-corrected chi connectivity index (χ0v) is 15.9. The quantitative estimate of drug-likeness (QED) is 0.559. The molecule has 0 aliphatic carbocycles. The molecule has 0 radical (unpaired) electrons. The van der Waals surface area contributed by atoms with Crippen LogP contribution < -0.4 is 10.6 Å². The summed E-state index contributed by atoms with van der Waals surface area (Å²) in [6.07, 6.45) is 1.35. The van der Waals surface area contributed by atoms with E-state index in [9.17, 15) is 14.0 Å². The number of carbonyl (C=O) groups excluding carboxylic acids is 2. The number of nitrogens with zero attached hydrogens (tertiary/aromatic N) is 3. The smallest absolute Gasteiger partial charge is 0.260 e. The monoisotopic (exact) mass is 403 g/mol. The van der Waals surface area contributed by atoms with Crippen LogP contribution >= 0.6 is 11.3 Å². The fourth-order valence-corrected chi connectivity index (χ4v) is 3.10. The van der Waals surface area contributed by atoms with Crippen LogP contribution in [0.3, 0.4) is 0 Å². The predicted octanol–water partition coefficient (Wildman–Crippen LogP) is 2.52. The highest BCUT2D eigenvalue weighted by Crippen LogP contribution is 2.17. The van der Waals surface area contributed by atoms with Gasteiger partial charge in [0.15, 0.2) is 11.0 Å². The molecular formula is C18H18FN5O3S. The zero-order chi connectivity index (χ0) is 19.9. The molecule has 8 nitrogen and oxygen atoms in total. The van der Waals surface area contributed by atoms with Gasteiger partial charge in [-0.3, -0.25) is 14.9 Å². The van der Waals surface area contributed by atoms with E-state index in [0.29, 0.717) is 41.9 Å². The summed E-state index contributed by atoms with van der Waals surface area (Å²) in [5.41, 5.74) is 0.465. The average Bonchev–Trinajstić information content (AvgIpc) is 3.27. The van der Waals surface area contributed by atoms with Gasteiger partial charge in [-0.15, -0.1) is 11.3 Å². The molecule has 0 saturated heterocycles. The molecule has 10 heteroatoms. The molecule has 0 bridgehead atoms. The van der Waals surface area contributed by atoms with Crippen molar-refractivity contribution < 1.29 is 18.5 Å². The lowest BCUT2D eigenvalue weighted by Crippen LogP contribution is -2.26. The summed E-state index contributed by atoms with van der Waals surface area (Å²) in [6.45, 7) is 2.22. The van der Waals surface area contributed by atoms with Gasteiger partial charge in [-0.05, 0) is 25.5 Å². The minimum atomic E-state index is -0.605. The number of hydrogen-bond acceptors (Lipinski definition) is 7. The first-order chi connectivity index (χ1) is 13.5. The van der Waals surface area contributed by atoms with Crippen LogP contribution in [-0.2, 0) is 17.6 Å². The van der Waals surface area contributed by atoms with Crippen molar-refractivity contribution in [3.05, 3.63) is 58.4 Å². The van der Waals surface area contributed by atoms with Crippen molar-refractivity contribution in [2.45, 2.75) is 26.2 Å². The van der Waals surface area contributed by atoms with Crippen LogP contribution in [0, 0.1) is 12.7 Å². The van der Waals surface area contributed by atoms with E-state index in [0.717, 1.165) is 0 Å². The normalized spacial score (nSPS) is 10.6. The van der Waals surface area contributed by atoms with Gasteiger partial charge in [0, 0.05) is 18.3 Å². The fraction of sp³-hybridized carbons (Fsp3) is 0.278. The Bertz CT molecular complexity index is 972. The van der Waals surface area contributed by atoms with Gasteiger partial charge >= 0.3 is 0 Å². The molecule has 2 aromatic heterocycles. The second kappa shape index (κ2) is 9.18. The van der Waals surface area contributed by atoms with Gasteiger partial charge in [0.1, 0.15) is 5.82 Å². The van der Waals surface area contributed by atoms with E-state index >= 15 is 0 Å². The van der Waals surface area contributed by atoms with Gasteiger partial charge in [0.2, 0.25) is 11.8 Å². The number of aryl methyl sites for hydroxylation is 2. The van der Waals surface area contributed by atoms with E-state index in [1.54, 1.807) is 18.4 Å². The highest BCUT2D eigenvalue weighted by molar-refractivity contribution is 7.14. The maximum Gasteiger partial charge on any atom is 0.260 e. The van der Waals surface area contributed by atoms with Crippen LogP contribution in [0.4, 0.5) is 9.52 Å². The Balaban J connectivity index is 1.43. The van der Waals surface area contributed by atoms with E-state index < -0.39 is 11.7 Å². The number of aromatic nitrogens is 3. The second-order valence-electron chi connectivity index (χ2n) is 5.94. The van der Waals surface area contributed by atoms with E-state index in [-0.39, 0.29) is 17.9 Å². The van der Waals surface area contributed by atoms with Gasteiger partial charge in [-0.1, -0.05) is 17.3 Å². The van der Waals surface area contributed by atoms with E-state index in [1.165, 1.54) is 29.5 Å². The second-order valence-corrected chi connectivity index (χ2v) is 6.80. The molecule has 0 unspecified atom stereocenters. The number of rotatable bonds is 8. The standard InChI is InChI=1S/C18H18FN5O3S/c1-11-21-16(27-24-11)7-4-8-20-15(25)9-12-10-28-18(22-12)23-17(26)13-5-2-3-6-14(13)19/h2-3,5-6,10H,4,7-9H2,1H3,(H,20,25)(H,22,23,26). The molecule has 3 rings (SSSR count). The minimum absolute atomic E-state index is 0.0616. The van der Waals surface area contributed by atoms with Crippen molar-refractivity contribution in [2.75, 3.05) is 11.9 Å². The van der Waals surface area contributed by atoms with Gasteiger partial charge in [-0.25, -0.2) is 9.37 Å². The highest BCUT2D eigenvalue weighted by Gasteiger charge is 2.14. The molecule has 146 valence electrons. The summed E-state index contributed by atoms with van der Waals surface area (Å²) in [6, 6.07) is 5.69. The molecule has 0 aliphatic rings. The topological polar surface area (TPSA) is 110 Å². The van der Waals surface area contributed by atoms with Crippen LogP contribution in [0.25, 0.3) is 0 Å². The Morgan fingerprint density at radius 3 is 2.82 bits per heavy atom. The Morgan fingerprint density at radius 1 is 1.25 bits per heavy atom. The molecule has 28 heavy (non-hydrogen) atoms. The molecule has 1 aromatic carbocycles. The SMILES string of the molecule is Cc1noc(CCCNC(=O)Cc2csc(NC(=O)c3ccccc3F)n2)n1. The Labute approximate surface area is 164 Å². The lowest BCUT2D eigenvalue weighted by atomic mass is 10.2. The van der Waals surface area contributed by atoms with Crippen LogP contribution in [0.5, 0.6) is 0 Å². The van der Waals surface area contributed by atoms with Crippen LogP contribution in [0.1, 0.15) is 34.2 Å². The number of carbonyl (C=O) groups is 2. The Hall–Kier alpha value is -3.14. The first-order valence-corrected chi connectivity index (χ1v) is 9.45. The maximum atomic E-state index is 13.6. The predicted molar refractivity (Wildman–Crippen MR) is 101 cm³/mol. The van der Waals surface area contributed by atoms with Crippen molar-refractivity contribution in [1.82, 2.24) is 20.4 Å². The van der Waals surface area contributed by atoms with Gasteiger partial charge in [0.25, 0.3) is 5.91 Å². The number of anilines is 1. The first-order valence-electron chi connectivity index (χ1n) is 8.57. The molecule has 2 amide bonds. The van der Waals surface area contributed by atoms with Gasteiger partial charge < -0.3 is 9.84 Å². The molecular weight excluding hydrogens is 385 g/mol. The van der Waals surface area contributed by atoms with Gasteiger partial charge in [0.05, 0.1) is 17.7 Å². The molecule has 3 aromatic rings. The number of thiazole rings is 1. The highest BCUT2D eigenvalue weighted by atomic mass is 32.1. The average molecular weight is 403 g/mol. The first kappa shape index (κ1) is 19.6. The van der Waals surface area contributed by atoms with Crippen molar-refractivity contribution in [2.24, 2.45) is 0 Å². The van der Waals surface area contributed by atoms with Gasteiger partial charge in [-0.2, -0.15) is 4.98 Å². The summed E-state index contributed by atoms with van der Waals surface area (Å²) in [5, 5.41) is 11.0. The number of benzene rings is 1. The summed E-state index contributed by atoms with van der Waals surface area (Å²) in [7, 11) is 0. The molecule has 0 atom stereocenters. The number of nitrogens with one attached hydrogen (secondary N) is 2.